The Morgan fingerprint density at radius 2 is 1.88 bits per heavy atom. The Morgan fingerprint density at radius 3 is 2.64 bits per heavy atom. The van der Waals surface area contributed by atoms with E-state index in [1.54, 1.807) is 31.5 Å². The SMILES string of the molecule is COc1cccc(NC(=O)c2ccnc(N(C)c3ccccc3)n2)c1. The highest BCUT2D eigenvalue weighted by atomic mass is 16.5. The summed E-state index contributed by atoms with van der Waals surface area (Å²) in [4.78, 5) is 22.9. The molecule has 126 valence electrons. The fraction of sp³-hybridized carbons (Fsp3) is 0.105. The molecule has 0 atom stereocenters. The fourth-order valence-corrected chi connectivity index (χ4v) is 2.30. The van der Waals surface area contributed by atoms with Gasteiger partial charge >= 0.3 is 0 Å². The average Bonchev–Trinajstić information content (AvgIpc) is 2.68. The third kappa shape index (κ3) is 3.92. The van der Waals surface area contributed by atoms with E-state index in [0.29, 0.717) is 17.4 Å². The number of para-hydroxylation sites is 1. The predicted octanol–water partition coefficient (Wildman–Crippen LogP) is 3.51. The molecular formula is C19H18N4O2. The topological polar surface area (TPSA) is 67.3 Å². The number of hydrogen-bond acceptors (Lipinski definition) is 5. The molecule has 0 fully saturated rings. The number of carbonyl (C=O) groups is 1. The quantitative estimate of drug-likeness (QED) is 0.773. The smallest absolute Gasteiger partial charge is 0.274 e. The lowest BCUT2D eigenvalue weighted by Crippen LogP contribution is -2.18. The first-order chi connectivity index (χ1) is 12.2. The third-order valence-corrected chi connectivity index (χ3v) is 3.65. The van der Waals surface area contributed by atoms with Gasteiger partial charge in [0.1, 0.15) is 11.4 Å². The van der Waals surface area contributed by atoms with Crippen molar-refractivity contribution < 1.29 is 9.53 Å². The molecule has 1 amide bonds. The molecule has 25 heavy (non-hydrogen) atoms. The van der Waals surface area contributed by atoms with Crippen molar-refractivity contribution in [2.45, 2.75) is 0 Å². The van der Waals surface area contributed by atoms with Crippen molar-refractivity contribution in [1.82, 2.24) is 9.97 Å². The molecule has 0 spiro atoms. The molecule has 0 bridgehead atoms. The highest BCUT2D eigenvalue weighted by Gasteiger charge is 2.12. The van der Waals surface area contributed by atoms with Crippen LogP contribution < -0.4 is 15.0 Å². The van der Waals surface area contributed by atoms with Crippen molar-refractivity contribution in [1.29, 1.82) is 0 Å². The zero-order valence-corrected chi connectivity index (χ0v) is 14.0. The van der Waals surface area contributed by atoms with E-state index in [9.17, 15) is 4.79 Å². The lowest BCUT2D eigenvalue weighted by atomic mass is 10.3. The minimum Gasteiger partial charge on any atom is -0.497 e. The van der Waals surface area contributed by atoms with Crippen LogP contribution in [0.1, 0.15) is 10.5 Å². The zero-order chi connectivity index (χ0) is 17.6. The van der Waals surface area contributed by atoms with Crippen LogP contribution in [0, 0.1) is 0 Å². The van der Waals surface area contributed by atoms with Gasteiger partial charge in [-0.05, 0) is 30.3 Å². The molecule has 0 aliphatic rings. The van der Waals surface area contributed by atoms with Crippen LogP contribution in [0.4, 0.5) is 17.3 Å². The number of nitrogens with one attached hydrogen (secondary N) is 1. The molecule has 0 aliphatic carbocycles. The van der Waals surface area contributed by atoms with Gasteiger partial charge in [-0.1, -0.05) is 24.3 Å². The highest BCUT2D eigenvalue weighted by molar-refractivity contribution is 6.03. The largest absolute Gasteiger partial charge is 0.497 e. The lowest BCUT2D eigenvalue weighted by Gasteiger charge is -2.17. The number of nitrogens with zero attached hydrogens (tertiary/aromatic N) is 3. The van der Waals surface area contributed by atoms with E-state index < -0.39 is 0 Å². The van der Waals surface area contributed by atoms with Gasteiger partial charge in [0, 0.05) is 30.7 Å². The summed E-state index contributed by atoms with van der Waals surface area (Å²) in [7, 11) is 3.44. The van der Waals surface area contributed by atoms with Gasteiger partial charge in [-0.15, -0.1) is 0 Å². The number of ether oxygens (including phenoxy) is 1. The molecule has 0 saturated carbocycles. The van der Waals surface area contributed by atoms with E-state index in [2.05, 4.69) is 15.3 Å². The van der Waals surface area contributed by atoms with Gasteiger partial charge in [-0.3, -0.25) is 4.79 Å². The summed E-state index contributed by atoms with van der Waals surface area (Å²) in [5, 5.41) is 2.81. The van der Waals surface area contributed by atoms with Gasteiger partial charge in [0.15, 0.2) is 0 Å². The molecule has 2 aromatic carbocycles. The Kier molecular flexibility index (Phi) is 4.89. The maximum absolute atomic E-state index is 12.5. The second-order valence-corrected chi connectivity index (χ2v) is 5.32. The average molecular weight is 334 g/mol. The third-order valence-electron chi connectivity index (χ3n) is 3.65. The monoisotopic (exact) mass is 334 g/mol. The molecule has 3 rings (SSSR count). The van der Waals surface area contributed by atoms with Crippen molar-refractivity contribution in [2.75, 3.05) is 24.4 Å². The van der Waals surface area contributed by atoms with Crippen LogP contribution in [0.5, 0.6) is 5.75 Å². The fourth-order valence-electron chi connectivity index (χ4n) is 2.30. The molecule has 6 heteroatoms. The standard InChI is InChI=1S/C19H18N4O2/c1-23(15-8-4-3-5-9-15)19-20-12-11-17(22-19)18(24)21-14-7-6-10-16(13-14)25-2/h3-13H,1-2H3,(H,21,24). The van der Waals surface area contributed by atoms with Crippen LogP contribution in [-0.2, 0) is 0 Å². The highest BCUT2D eigenvalue weighted by Crippen LogP contribution is 2.20. The van der Waals surface area contributed by atoms with Crippen LogP contribution in [0.3, 0.4) is 0 Å². The van der Waals surface area contributed by atoms with E-state index in [1.165, 1.54) is 0 Å². The maximum atomic E-state index is 12.5. The van der Waals surface area contributed by atoms with E-state index in [1.807, 2.05) is 54.4 Å². The van der Waals surface area contributed by atoms with Gasteiger partial charge in [0.05, 0.1) is 7.11 Å². The Bertz CT molecular complexity index is 868. The first-order valence-electron chi connectivity index (χ1n) is 7.74. The van der Waals surface area contributed by atoms with Crippen molar-refractivity contribution in [3.05, 3.63) is 72.6 Å². The number of hydrogen-bond donors (Lipinski definition) is 1. The van der Waals surface area contributed by atoms with Crippen molar-refractivity contribution in [3.8, 4) is 5.75 Å². The number of rotatable bonds is 5. The minimum atomic E-state index is -0.307. The summed E-state index contributed by atoms with van der Waals surface area (Å²) < 4.78 is 5.16. The summed E-state index contributed by atoms with van der Waals surface area (Å²) in [6, 6.07) is 18.5. The molecule has 3 aromatic rings. The molecule has 6 nitrogen and oxygen atoms in total. The van der Waals surface area contributed by atoms with E-state index >= 15 is 0 Å². The van der Waals surface area contributed by atoms with Crippen molar-refractivity contribution in [3.63, 3.8) is 0 Å². The Balaban J connectivity index is 1.79. The Morgan fingerprint density at radius 1 is 1.08 bits per heavy atom. The van der Waals surface area contributed by atoms with Crippen LogP contribution >= 0.6 is 0 Å². The summed E-state index contributed by atoms with van der Waals surface area (Å²) in [6.45, 7) is 0. The molecule has 0 radical (unpaired) electrons. The second-order valence-electron chi connectivity index (χ2n) is 5.32. The molecule has 1 N–H and O–H groups in total. The van der Waals surface area contributed by atoms with Crippen LogP contribution in [-0.4, -0.2) is 30.0 Å². The molecule has 0 unspecified atom stereocenters. The van der Waals surface area contributed by atoms with Crippen molar-refractivity contribution in [2.24, 2.45) is 0 Å². The van der Waals surface area contributed by atoms with Crippen molar-refractivity contribution >= 4 is 23.2 Å². The van der Waals surface area contributed by atoms with E-state index in [-0.39, 0.29) is 11.6 Å². The van der Waals surface area contributed by atoms with Crippen LogP contribution in [0.2, 0.25) is 0 Å². The molecule has 0 aliphatic heterocycles. The van der Waals surface area contributed by atoms with Gasteiger partial charge in [-0.2, -0.15) is 0 Å². The number of methoxy groups -OCH3 is 1. The second kappa shape index (κ2) is 7.44. The Hall–Kier alpha value is -3.41. The molecular weight excluding hydrogens is 316 g/mol. The van der Waals surface area contributed by atoms with Gasteiger partial charge in [-0.25, -0.2) is 9.97 Å². The van der Waals surface area contributed by atoms with Gasteiger partial charge < -0.3 is 15.0 Å². The normalized spacial score (nSPS) is 10.2. The van der Waals surface area contributed by atoms with E-state index in [4.69, 9.17) is 4.74 Å². The molecule has 0 saturated heterocycles. The summed E-state index contributed by atoms with van der Waals surface area (Å²) in [5.74, 6) is 0.813. The minimum absolute atomic E-state index is 0.288. The van der Waals surface area contributed by atoms with Crippen LogP contribution in [0.25, 0.3) is 0 Å². The first kappa shape index (κ1) is 16.4. The first-order valence-corrected chi connectivity index (χ1v) is 7.74. The summed E-state index contributed by atoms with van der Waals surface area (Å²) in [5.41, 5.74) is 1.87. The number of benzene rings is 2. The number of carbonyl (C=O) groups excluding carboxylic acids is 1. The number of aromatic nitrogens is 2. The van der Waals surface area contributed by atoms with Crippen LogP contribution in [0.15, 0.2) is 66.9 Å². The summed E-state index contributed by atoms with van der Waals surface area (Å²) in [6.07, 6.45) is 1.57. The molecule has 1 aromatic heterocycles. The van der Waals surface area contributed by atoms with Gasteiger partial charge in [0.25, 0.3) is 5.91 Å². The maximum Gasteiger partial charge on any atom is 0.274 e. The number of anilines is 3. The molecule has 1 heterocycles. The zero-order valence-electron chi connectivity index (χ0n) is 14.0. The number of amides is 1. The predicted molar refractivity (Wildman–Crippen MR) is 97.5 cm³/mol. The van der Waals surface area contributed by atoms with E-state index in [0.717, 1.165) is 5.69 Å². The summed E-state index contributed by atoms with van der Waals surface area (Å²) >= 11 is 0. The lowest BCUT2D eigenvalue weighted by molar-refractivity contribution is 0.102. The Labute approximate surface area is 146 Å². The van der Waals surface area contributed by atoms with Gasteiger partial charge in [0.2, 0.25) is 5.95 Å².